The highest BCUT2D eigenvalue weighted by Crippen LogP contribution is 2.55. The number of alkyl halides is 6. The van der Waals surface area contributed by atoms with Gasteiger partial charge in [0.05, 0.1) is 60.9 Å². The van der Waals surface area contributed by atoms with Gasteiger partial charge in [0.15, 0.2) is 45.9 Å². The molecule has 7 fully saturated rings. The summed E-state index contributed by atoms with van der Waals surface area (Å²) in [5.74, 6) is 3.16. The third kappa shape index (κ3) is 18.6. The molecule has 23 rings (SSSR count). The van der Waals surface area contributed by atoms with Crippen molar-refractivity contribution < 1.29 is 45.5 Å². The van der Waals surface area contributed by atoms with Crippen molar-refractivity contribution in [3.8, 4) is 44.5 Å². The Bertz CT molecular complexity index is 7290. The maximum Gasteiger partial charge on any atom is 0.416 e. The van der Waals surface area contributed by atoms with Crippen molar-refractivity contribution in [3.63, 3.8) is 0 Å². The highest BCUT2D eigenvalue weighted by Gasteiger charge is 2.54. The quantitative estimate of drug-likeness (QED) is 0.0276. The third-order valence-electron chi connectivity index (χ3n) is 28.3. The summed E-state index contributed by atoms with van der Waals surface area (Å²) in [7, 11) is 9.59. The lowest BCUT2D eigenvalue weighted by atomic mass is 9.83. The Labute approximate surface area is 804 Å². The topological polar surface area (TPSA) is 347 Å². The van der Waals surface area contributed by atoms with Crippen LogP contribution in [0.5, 0.6) is 0 Å². The highest BCUT2D eigenvalue weighted by atomic mass is 19.4. The molecule has 8 heterocycles. The summed E-state index contributed by atoms with van der Waals surface area (Å²) >= 11 is 0. The fraction of sp³-hybridized carbons (Fsp3) is 0.303. The number of pyridine rings is 4. The van der Waals surface area contributed by atoms with E-state index in [0.717, 1.165) is 203 Å². The van der Waals surface area contributed by atoms with E-state index in [-0.39, 0.29) is 29.0 Å². The first-order valence-electron chi connectivity index (χ1n) is 47.5. The first kappa shape index (κ1) is 92.6. The molecule has 8 aromatic heterocycles. The molecule has 4 amide bonds. The maximum absolute atomic E-state index is 13.2. The Morgan fingerprint density at radius 1 is 0.357 bits per heavy atom. The lowest BCUT2D eigenvalue weighted by Gasteiger charge is -2.24. The van der Waals surface area contributed by atoms with E-state index in [1.54, 1.807) is 38.3 Å². The lowest BCUT2D eigenvalue weighted by molar-refractivity contribution is -0.138. The monoisotopic (exact) mass is 1890 g/mol. The predicted molar refractivity (Wildman–Crippen MR) is 535 cm³/mol. The van der Waals surface area contributed by atoms with Crippen molar-refractivity contribution in [2.75, 3.05) is 64.8 Å². The molecule has 8 aromatic carbocycles. The van der Waals surface area contributed by atoms with Gasteiger partial charge in [-0.05, 0) is 270 Å². The van der Waals surface area contributed by atoms with Crippen molar-refractivity contribution >= 4 is 114 Å². The van der Waals surface area contributed by atoms with Gasteiger partial charge >= 0.3 is 12.4 Å². The van der Waals surface area contributed by atoms with E-state index in [9.17, 15) is 45.5 Å². The van der Waals surface area contributed by atoms with Crippen LogP contribution in [-0.4, -0.2) is 108 Å². The van der Waals surface area contributed by atoms with Gasteiger partial charge in [0.2, 0.25) is 23.6 Å². The van der Waals surface area contributed by atoms with Crippen LogP contribution in [0.3, 0.4) is 0 Å². The number of aryl methyl sites for hydroxylation is 3. The Balaban J connectivity index is 0.000000115. The molecular formula is C109H107F6N21O4. The summed E-state index contributed by atoms with van der Waals surface area (Å²) in [6.45, 7) is 5.34. The Morgan fingerprint density at radius 3 is 0.943 bits per heavy atom. The molecule has 0 aliphatic heterocycles. The zero-order chi connectivity index (χ0) is 97.8. The number of rotatable bonds is 23. The zero-order valence-electron chi connectivity index (χ0n) is 78.6. The largest absolute Gasteiger partial charge is 0.416 e. The Hall–Kier alpha value is -15.1. The lowest BCUT2D eigenvalue weighted by Crippen LogP contribution is -2.34. The number of aromatic nitrogens is 12. The Kier molecular flexibility index (Phi) is 23.8. The van der Waals surface area contributed by atoms with E-state index < -0.39 is 39.7 Å². The van der Waals surface area contributed by atoms with Gasteiger partial charge in [-0.15, -0.1) is 0 Å². The fourth-order valence-electron chi connectivity index (χ4n) is 18.8. The van der Waals surface area contributed by atoms with Crippen LogP contribution in [-0.2, 0) is 80.9 Å². The van der Waals surface area contributed by atoms with Crippen molar-refractivity contribution in [1.82, 2.24) is 64.0 Å². The molecule has 7 aliphatic carbocycles. The molecule has 31 heteroatoms. The first-order chi connectivity index (χ1) is 67.1. The number of nitrogens with zero attached hydrogens (tertiary/aromatic N) is 13. The zero-order valence-corrected chi connectivity index (χ0v) is 78.6. The standard InChI is InChI=1S/C30H31F3N6O.C27H24F3N5O.C26H25N5O.C26H27N5O/c1-38(2)14-15-39-27-25(26(34)37-39)23(17-24(36-27)19-6-7-19)18-8-10-22(11-9-18)35-28(40)29(12-13-29)20-4-3-5-21(16-20)30(31,32)33;1-35-24-22(23(31)34-35)20(14-21(33-24)16-5-6-16)15-7-9-19(10-8-15)32-25(36)26(11-12-26)17-3-2-4-18(13-17)27(28,29)30;1-31-24-22(23(27)30-31)20(15-21(29-24)17-7-8-17)16-9-11-19(12-10-16)28-25(32)26(13-14-26)18-5-3-2-4-6-18;1-26(2,18-7-5-4-6-8-18)25(32)28-19-13-11-16(12-14-19)20-15-21(17-9-10-17)29-24-22(20)23(27)30-31(24)3/h3-5,8-11,16-17,19H,6-7,12-15H2,1-2H3,(H2,34,37)(H,35,40);2-4,7-10,13-14,16H,5-6,11-12H2,1H3,(H2,31,34)(H,32,36);2-6,9-12,15,17H,7-8,13-14H2,1H3,(H2,27,30)(H,28,32);4-8,11-15,17H,9-10H2,1-3H3,(H2,27,30)(H,28,32). The molecule has 0 atom stereocenters. The number of carbonyl (C=O) groups excluding carboxylic acids is 4. The van der Waals surface area contributed by atoms with Crippen LogP contribution in [0.1, 0.15) is 184 Å². The molecule has 12 N–H and O–H groups in total. The molecular weight excluding hydrogens is 1780 g/mol. The van der Waals surface area contributed by atoms with Gasteiger partial charge < -0.3 is 49.1 Å². The van der Waals surface area contributed by atoms with Crippen LogP contribution in [0.4, 0.5) is 72.4 Å². The number of anilines is 8. The van der Waals surface area contributed by atoms with Crippen LogP contribution in [0.2, 0.25) is 0 Å². The number of hydrogen-bond acceptors (Lipinski definition) is 17. The van der Waals surface area contributed by atoms with Crippen molar-refractivity contribution in [1.29, 1.82) is 0 Å². The van der Waals surface area contributed by atoms with E-state index in [1.807, 2.05) is 199 Å². The van der Waals surface area contributed by atoms with Gasteiger partial charge in [-0.2, -0.15) is 46.7 Å². The highest BCUT2D eigenvalue weighted by molar-refractivity contribution is 6.08. The molecule has 0 bridgehead atoms. The summed E-state index contributed by atoms with van der Waals surface area (Å²) in [5, 5.41) is 33.1. The SMILES string of the molecule is CN(C)CCn1nc(N)c2c(-c3ccc(NC(=O)C4(c5cccc(C(F)(F)F)c5)CC4)cc3)cc(C3CC3)nc21.Cn1nc(N)c2c(-c3ccc(NC(=O)C(C)(C)c4ccccc4)cc3)cc(C3CC3)nc21.Cn1nc(N)c2c(-c3ccc(NC(=O)C4(c5cccc(C(F)(F)F)c5)CC4)cc3)cc(C3CC3)nc21.Cn1nc(N)c2c(-c3ccc(NC(=O)C4(c5ccccc5)CC4)cc3)cc(C3CC3)nc21. The molecule has 0 radical (unpaired) electrons. The van der Waals surface area contributed by atoms with Gasteiger partial charge in [-0.1, -0.05) is 146 Å². The minimum atomic E-state index is -4.46. The maximum atomic E-state index is 13.2. The number of hydrogen-bond donors (Lipinski definition) is 8. The van der Waals surface area contributed by atoms with E-state index in [1.165, 1.54) is 37.8 Å². The molecule has 0 unspecified atom stereocenters. The van der Waals surface area contributed by atoms with Crippen LogP contribution in [0.15, 0.2) is 231 Å². The number of amides is 4. The number of likely N-dealkylation sites (N-methyl/N-ethyl adjacent to an activating group) is 1. The second kappa shape index (κ2) is 36.0. The van der Waals surface area contributed by atoms with Gasteiger partial charge in [-0.25, -0.2) is 38.7 Å². The van der Waals surface area contributed by atoms with Gasteiger partial charge in [0.25, 0.3) is 0 Å². The molecule has 140 heavy (non-hydrogen) atoms. The van der Waals surface area contributed by atoms with Crippen LogP contribution in [0.25, 0.3) is 88.6 Å². The van der Waals surface area contributed by atoms with Crippen LogP contribution in [0, 0.1) is 0 Å². The number of nitrogen functional groups attached to an aromatic ring is 4. The number of benzene rings is 8. The summed E-state index contributed by atoms with van der Waals surface area (Å²) in [5.41, 5.74) is 41.5. The second-order valence-electron chi connectivity index (χ2n) is 39.1. The van der Waals surface area contributed by atoms with Crippen LogP contribution >= 0.6 is 0 Å². The third-order valence-corrected chi connectivity index (χ3v) is 28.3. The number of fused-ring (bicyclic) bond motifs is 4. The van der Waals surface area contributed by atoms with Gasteiger partial charge in [0, 0.05) is 96.9 Å². The van der Waals surface area contributed by atoms with Crippen molar-refractivity contribution in [3.05, 3.63) is 287 Å². The van der Waals surface area contributed by atoms with E-state index in [2.05, 4.69) is 70.8 Å². The summed E-state index contributed by atoms with van der Waals surface area (Å²) < 4.78 is 86.4. The summed E-state index contributed by atoms with van der Waals surface area (Å²) in [4.78, 5) is 73.9. The Morgan fingerprint density at radius 2 is 0.636 bits per heavy atom. The number of nitrogens with two attached hydrogens (primary N) is 4. The predicted octanol–water partition coefficient (Wildman–Crippen LogP) is 21.4. The molecule has 25 nitrogen and oxygen atoms in total. The smallest absolute Gasteiger partial charge is 0.382 e. The molecule has 16 aromatic rings. The summed E-state index contributed by atoms with van der Waals surface area (Å²) in [6.07, 6.45) is 4.07. The van der Waals surface area contributed by atoms with E-state index in [4.69, 9.17) is 42.9 Å². The van der Waals surface area contributed by atoms with E-state index in [0.29, 0.717) is 102 Å². The molecule has 7 saturated carbocycles. The van der Waals surface area contributed by atoms with Gasteiger partial charge in [0.1, 0.15) is 0 Å². The average Bonchev–Trinajstić information content (AvgIpc) is 1.58. The minimum absolute atomic E-state index is 0.0460. The van der Waals surface area contributed by atoms with Gasteiger partial charge in [-0.3, -0.25) is 19.2 Å². The number of halogens is 6. The fourth-order valence-corrected chi connectivity index (χ4v) is 18.8. The number of nitrogens with one attached hydrogen (secondary N) is 4. The molecule has 714 valence electrons. The summed E-state index contributed by atoms with van der Waals surface area (Å²) in [6, 6.07) is 69.2. The minimum Gasteiger partial charge on any atom is -0.382 e. The number of carbonyl (C=O) groups is 4. The van der Waals surface area contributed by atoms with Crippen LogP contribution < -0.4 is 44.2 Å². The average molecular weight is 1890 g/mol. The molecule has 0 saturated heterocycles. The first-order valence-corrected chi connectivity index (χ1v) is 47.5. The van der Waals surface area contributed by atoms with Crippen molar-refractivity contribution in [2.45, 2.75) is 168 Å². The molecule has 7 aliphatic rings. The second-order valence-corrected chi connectivity index (χ2v) is 39.1. The van der Waals surface area contributed by atoms with Crippen molar-refractivity contribution in [2.24, 2.45) is 21.1 Å². The van der Waals surface area contributed by atoms with E-state index >= 15 is 0 Å². The normalized spacial score (nSPS) is 16.0. The molecule has 0 spiro atoms.